The molecule has 2 heteroatoms. The summed E-state index contributed by atoms with van der Waals surface area (Å²) in [5.41, 5.74) is 2.24. The third-order valence-corrected chi connectivity index (χ3v) is 2.48. The fourth-order valence-corrected chi connectivity index (χ4v) is 1.64. The third-order valence-electron chi connectivity index (χ3n) is 2.48. The van der Waals surface area contributed by atoms with Gasteiger partial charge < -0.3 is 9.47 Å². The van der Waals surface area contributed by atoms with E-state index in [1.54, 1.807) is 0 Å². The van der Waals surface area contributed by atoms with Crippen LogP contribution in [0, 0.1) is 0 Å². The van der Waals surface area contributed by atoms with E-state index in [0.717, 1.165) is 22.6 Å². The topological polar surface area (TPSA) is 18.5 Å². The standard InChI is InChI=1S/C16H14O2/c1-3-17-15-9-5-13(6-10-15)14-7-11-16(12-8-14)18-4-2/h3-12H,1-2H2. The highest BCUT2D eigenvalue weighted by Crippen LogP contribution is 2.24. The normalized spacial score (nSPS) is 9.56. The summed E-state index contributed by atoms with van der Waals surface area (Å²) in [5.74, 6) is 1.56. The van der Waals surface area contributed by atoms with Crippen molar-refractivity contribution in [2.75, 3.05) is 0 Å². The molecule has 0 saturated heterocycles. The van der Waals surface area contributed by atoms with Gasteiger partial charge in [0.25, 0.3) is 0 Å². The lowest BCUT2D eigenvalue weighted by molar-refractivity contribution is 0.483. The number of hydrogen-bond donors (Lipinski definition) is 0. The van der Waals surface area contributed by atoms with Crippen LogP contribution in [0.3, 0.4) is 0 Å². The first kappa shape index (κ1) is 12.0. The van der Waals surface area contributed by atoms with Crippen LogP contribution in [-0.4, -0.2) is 0 Å². The molecule has 18 heavy (non-hydrogen) atoms. The van der Waals surface area contributed by atoms with Gasteiger partial charge in [0.1, 0.15) is 11.5 Å². The maximum Gasteiger partial charge on any atom is 0.126 e. The molecule has 2 aromatic rings. The molecule has 0 aliphatic carbocycles. The third kappa shape index (κ3) is 2.80. The Morgan fingerprint density at radius 3 is 1.22 bits per heavy atom. The van der Waals surface area contributed by atoms with Crippen molar-refractivity contribution in [3.63, 3.8) is 0 Å². The smallest absolute Gasteiger partial charge is 0.126 e. The summed E-state index contributed by atoms with van der Waals surface area (Å²) < 4.78 is 10.4. The monoisotopic (exact) mass is 238 g/mol. The molecule has 0 spiro atoms. The minimum atomic E-state index is 0.778. The van der Waals surface area contributed by atoms with Gasteiger partial charge in [0.05, 0.1) is 12.5 Å². The predicted molar refractivity (Wildman–Crippen MR) is 73.5 cm³/mol. The first-order valence-corrected chi connectivity index (χ1v) is 5.59. The Labute approximate surface area is 107 Å². The molecule has 2 nitrogen and oxygen atoms in total. The van der Waals surface area contributed by atoms with Gasteiger partial charge in [-0.1, -0.05) is 37.4 Å². The van der Waals surface area contributed by atoms with Crippen molar-refractivity contribution in [2.45, 2.75) is 0 Å². The molecule has 2 aromatic carbocycles. The average Bonchev–Trinajstić information content (AvgIpc) is 2.41. The van der Waals surface area contributed by atoms with Crippen LogP contribution >= 0.6 is 0 Å². The molecule has 0 unspecified atom stereocenters. The first-order valence-electron chi connectivity index (χ1n) is 5.59. The lowest BCUT2D eigenvalue weighted by atomic mass is 10.1. The number of ether oxygens (including phenoxy) is 2. The van der Waals surface area contributed by atoms with E-state index in [4.69, 9.17) is 9.47 Å². The minimum absolute atomic E-state index is 0.778. The SMILES string of the molecule is C=COc1ccc(-c2ccc(OC=C)cc2)cc1. The molecule has 0 N–H and O–H groups in total. The van der Waals surface area contributed by atoms with Crippen LogP contribution in [0.4, 0.5) is 0 Å². The summed E-state index contributed by atoms with van der Waals surface area (Å²) in [6, 6.07) is 15.6. The summed E-state index contributed by atoms with van der Waals surface area (Å²) in [6.45, 7) is 7.04. The second kappa shape index (κ2) is 5.73. The van der Waals surface area contributed by atoms with Crippen molar-refractivity contribution in [1.29, 1.82) is 0 Å². The molecule has 90 valence electrons. The van der Waals surface area contributed by atoms with Gasteiger partial charge in [-0.15, -0.1) is 0 Å². The second-order valence-corrected chi connectivity index (χ2v) is 3.62. The Morgan fingerprint density at radius 1 is 0.611 bits per heavy atom. The van der Waals surface area contributed by atoms with E-state index in [2.05, 4.69) is 13.2 Å². The largest absolute Gasteiger partial charge is 0.466 e. The van der Waals surface area contributed by atoms with Gasteiger partial charge in [0, 0.05) is 0 Å². The van der Waals surface area contributed by atoms with Crippen molar-refractivity contribution in [2.24, 2.45) is 0 Å². The highest BCUT2D eigenvalue weighted by atomic mass is 16.5. The molecule has 0 heterocycles. The number of benzene rings is 2. The molecular weight excluding hydrogens is 224 g/mol. The van der Waals surface area contributed by atoms with Crippen LogP contribution < -0.4 is 9.47 Å². The quantitative estimate of drug-likeness (QED) is 0.719. The molecule has 2 rings (SSSR count). The Morgan fingerprint density at radius 2 is 0.944 bits per heavy atom. The van der Waals surface area contributed by atoms with Gasteiger partial charge in [-0.2, -0.15) is 0 Å². The molecule has 0 aliphatic heterocycles. The van der Waals surface area contributed by atoms with Crippen molar-refractivity contribution in [3.8, 4) is 22.6 Å². The van der Waals surface area contributed by atoms with E-state index in [-0.39, 0.29) is 0 Å². The van der Waals surface area contributed by atoms with E-state index < -0.39 is 0 Å². The predicted octanol–water partition coefficient (Wildman–Crippen LogP) is 4.40. The Kier molecular flexibility index (Phi) is 3.82. The van der Waals surface area contributed by atoms with E-state index in [1.165, 1.54) is 12.5 Å². The van der Waals surface area contributed by atoms with E-state index in [0.29, 0.717) is 0 Å². The Balaban J connectivity index is 2.19. The van der Waals surface area contributed by atoms with Gasteiger partial charge in [-0.3, -0.25) is 0 Å². The first-order chi connectivity index (χ1) is 8.83. The molecule has 0 atom stereocenters. The van der Waals surface area contributed by atoms with Crippen molar-refractivity contribution < 1.29 is 9.47 Å². The molecule has 0 bridgehead atoms. The van der Waals surface area contributed by atoms with Crippen molar-refractivity contribution in [3.05, 3.63) is 74.2 Å². The van der Waals surface area contributed by atoms with Gasteiger partial charge in [0.15, 0.2) is 0 Å². The number of rotatable bonds is 5. The van der Waals surface area contributed by atoms with Gasteiger partial charge in [-0.05, 0) is 35.4 Å². The molecule has 0 radical (unpaired) electrons. The molecule has 0 fully saturated rings. The summed E-state index contributed by atoms with van der Waals surface area (Å²) in [6.07, 6.45) is 2.83. The zero-order valence-corrected chi connectivity index (χ0v) is 10.0. The van der Waals surface area contributed by atoms with Crippen molar-refractivity contribution in [1.82, 2.24) is 0 Å². The van der Waals surface area contributed by atoms with E-state index in [1.807, 2.05) is 48.5 Å². The molecule has 0 aliphatic rings. The Hall–Kier alpha value is -2.48. The van der Waals surface area contributed by atoms with Crippen LogP contribution in [0.15, 0.2) is 74.2 Å². The minimum Gasteiger partial charge on any atom is -0.466 e. The number of hydrogen-bond acceptors (Lipinski definition) is 2. The molecule has 0 aromatic heterocycles. The van der Waals surface area contributed by atoms with Gasteiger partial charge >= 0.3 is 0 Å². The van der Waals surface area contributed by atoms with Crippen LogP contribution in [0.2, 0.25) is 0 Å². The molecule has 0 saturated carbocycles. The Bertz CT molecular complexity index is 473. The fraction of sp³-hybridized carbons (Fsp3) is 0. The maximum absolute atomic E-state index is 5.18. The summed E-state index contributed by atoms with van der Waals surface area (Å²) >= 11 is 0. The van der Waals surface area contributed by atoms with Gasteiger partial charge in [0.2, 0.25) is 0 Å². The van der Waals surface area contributed by atoms with Crippen LogP contribution in [-0.2, 0) is 0 Å². The highest BCUT2D eigenvalue weighted by molar-refractivity contribution is 5.64. The lowest BCUT2D eigenvalue weighted by Gasteiger charge is -2.05. The zero-order chi connectivity index (χ0) is 12.8. The zero-order valence-electron chi connectivity index (χ0n) is 10.0. The van der Waals surface area contributed by atoms with Crippen molar-refractivity contribution >= 4 is 0 Å². The summed E-state index contributed by atoms with van der Waals surface area (Å²) in [7, 11) is 0. The van der Waals surface area contributed by atoms with E-state index in [9.17, 15) is 0 Å². The summed E-state index contributed by atoms with van der Waals surface area (Å²) in [5, 5.41) is 0. The maximum atomic E-state index is 5.18. The average molecular weight is 238 g/mol. The van der Waals surface area contributed by atoms with Gasteiger partial charge in [-0.25, -0.2) is 0 Å². The van der Waals surface area contributed by atoms with Crippen LogP contribution in [0.1, 0.15) is 0 Å². The highest BCUT2D eigenvalue weighted by Gasteiger charge is 1.99. The van der Waals surface area contributed by atoms with Crippen LogP contribution in [0.5, 0.6) is 11.5 Å². The van der Waals surface area contributed by atoms with E-state index >= 15 is 0 Å². The fourth-order valence-electron chi connectivity index (χ4n) is 1.64. The van der Waals surface area contributed by atoms with Crippen LogP contribution in [0.25, 0.3) is 11.1 Å². The second-order valence-electron chi connectivity index (χ2n) is 3.62. The summed E-state index contributed by atoms with van der Waals surface area (Å²) in [4.78, 5) is 0. The lowest BCUT2D eigenvalue weighted by Crippen LogP contribution is -1.83. The molecular formula is C16H14O2. The molecule has 0 amide bonds.